The number of hydrogen-bond donors (Lipinski definition) is 1. The van der Waals surface area contributed by atoms with Crippen molar-refractivity contribution in [3.8, 4) is 17.8 Å². The molecule has 26 heavy (non-hydrogen) atoms. The summed E-state index contributed by atoms with van der Waals surface area (Å²) in [4.78, 5) is 20.8. The predicted molar refractivity (Wildman–Crippen MR) is 94.0 cm³/mol. The number of carbonyl (C=O) groups excluding carboxylic acids is 1. The van der Waals surface area contributed by atoms with E-state index in [4.69, 9.17) is 10.00 Å². The summed E-state index contributed by atoms with van der Waals surface area (Å²) < 4.78 is 7.00. The molecule has 0 saturated heterocycles. The second-order valence-corrected chi connectivity index (χ2v) is 5.64. The Balaban J connectivity index is 1.82. The van der Waals surface area contributed by atoms with Crippen LogP contribution in [0, 0.1) is 11.3 Å². The lowest BCUT2D eigenvalue weighted by Gasteiger charge is -2.12. The van der Waals surface area contributed by atoms with Crippen molar-refractivity contribution < 1.29 is 9.53 Å². The second kappa shape index (κ2) is 7.44. The van der Waals surface area contributed by atoms with Crippen LogP contribution in [0.15, 0.2) is 49.1 Å². The van der Waals surface area contributed by atoms with Gasteiger partial charge in [-0.3, -0.25) is 4.79 Å². The van der Waals surface area contributed by atoms with Crippen LogP contribution in [-0.4, -0.2) is 31.8 Å². The van der Waals surface area contributed by atoms with Gasteiger partial charge in [-0.2, -0.15) is 10.4 Å². The molecule has 0 fully saturated rings. The lowest BCUT2D eigenvalue weighted by Crippen LogP contribution is -2.16. The van der Waals surface area contributed by atoms with Crippen LogP contribution >= 0.6 is 0 Å². The molecule has 0 aromatic carbocycles. The largest absolute Gasteiger partial charge is 0.474 e. The van der Waals surface area contributed by atoms with Gasteiger partial charge in [-0.15, -0.1) is 0 Å². The van der Waals surface area contributed by atoms with Gasteiger partial charge < -0.3 is 10.1 Å². The summed E-state index contributed by atoms with van der Waals surface area (Å²) in [5, 5.41) is 16.1. The van der Waals surface area contributed by atoms with Gasteiger partial charge in [0.05, 0.1) is 29.7 Å². The zero-order valence-electron chi connectivity index (χ0n) is 14.2. The Morgan fingerprint density at radius 2 is 2.04 bits per heavy atom. The smallest absolute Gasteiger partial charge is 0.261 e. The predicted octanol–water partition coefficient (Wildman–Crippen LogP) is 2.57. The molecular weight excluding hydrogens is 332 g/mol. The first-order chi connectivity index (χ1) is 12.6. The molecule has 3 rings (SSSR count). The summed E-state index contributed by atoms with van der Waals surface area (Å²) in [5.74, 6) is 0.291. The van der Waals surface area contributed by atoms with Crippen molar-refractivity contribution in [2.45, 2.75) is 20.0 Å². The zero-order chi connectivity index (χ0) is 18.5. The van der Waals surface area contributed by atoms with E-state index in [1.807, 2.05) is 13.8 Å². The number of nitrogens with zero attached hydrogens (tertiary/aromatic N) is 5. The first-order valence-corrected chi connectivity index (χ1v) is 7.91. The fourth-order valence-electron chi connectivity index (χ4n) is 2.25. The Bertz CT molecular complexity index is 974. The third-order valence-electron chi connectivity index (χ3n) is 3.33. The molecule has 0 unspecified atom stereocenters. The molecule has 1 amide bonds. The van der Waals surface area contributed by atoms with Crippen LogP contribution in [0.2, 0.25) is 0 Å². The molecule has 0 bridgehead atoms. The number of carbonyl (C=O) groups is 1. The van der Waals surface area contributed by atoms with E-state index in [2.05, 4.69) is 26.5 Å². The maximum Gasteiger partial charge on any atom is 0.261 e. The third-order valence-corrected chi connectivity index (χ3v) is 3.33. The normalized spacial score (nSPS) is 10.4. The third kappa shape index (κ3) is 3.67. The van der Waals surface area contributed by atoms with E-state index in [1.165, 1.54) is 10.9 Å². The van der Waals surface area contributed by atoms with E-state index in [1.54, 1.807) is 42.9 Å². The van der Waals surface area contributed by atoms with Gasteiger partial charge in [-0.1, -0.05) is 0 Å². The fraction of sp³-hybridized carbons (Fsp3) is 0.167. The monoisotopic (exact) mass is 348 g/mol. The molecular formula is C18H16N6O2. The number of nitrogens with one attached hydrogen (secondary N) is 1. The molecule has 1 N–H and O–H groups in total. The van der Waals surface area contributed by atoms with Gasteiger partial charge in [0.1, 0.15) is 11.6 Å². The van der Waals surface area contributed by atoms with Crippen molar-refractivity contribution in [3.63, 3.8) is 0 Å². The second-order valence-electron chi connectivity index (χ2n) is 5.64. The van der Waals surface area contributed by atoms with Gasteiger partial charge in [-0.05, 0) is 38.1 Å². The standard InChI is InChI=1S/C18H16N6O2/c1-12(2)26-18-15(6-4-8-21-18)17(25)23-14-10-22-24(11-14)16-13(9-19)5-3-7-20-16/h3-8,10-12H,1-2H3,(H,23,25). The SMILES string of the molecule is CC(C)Oc1ncccc1C(=O)Nc1cnn(-c2ncccc2C#N)c1. The van der Waals surface area contributed by atoms with E-state index in [0.717, 1.165) is 0 Å². The molecule has 3 aromatic heterocycles. The van der Waals surface area contributed by atoms with Crippen molar-refractivity contribution >= 4 is 11.6 Å². The number of hydrogen-bond acceptors (Lipinski definition) is 6. The van der Waals surface area contributed by atoms with E-state index in [-0.39, 0.29) is 17.9 Å². The molecule has 3 aromatic rings. The first kappa shape index (κ1) is 17.1. The summed E-state index contributed by atoms with van der Waals surface area (Å²) in [7, 11) is 0. The highest BCUT2D eigenvalue weighted by atomic mass is 16.5. The van der Waals surface area contributed by atoms with Gasteiger partial charge in [0, 0.05) is 12.4 Å². The average Bonchev–Trinajstić information content (AvgIpc) is 3.09. The topological polar surface area (TPSA) is 106 Å². The quantitative estimate of drug-likeness (QED) is 0.759. The summed E-state index contributed by atoms with van der Waals surface area (Å²) in [6, 6.07) is 8.68. The Kier molecular flexibility index (Phi) is 4.90. The zero-order valence-corrected chi connectivity index (χ0v) is 14.2. The van der Waals surface area contributed by atoms with Crippen LogP contribution in [0.3, 0.4) is 0 Å². The molecule has 0 saturated carbocycles. The molecule has 8 heteroatoms. The minimum Gasteiger partial charge on any atom is -0.474 e. The van der Waals surface area contributed by atoms with Crippen LogP contribution in [0.25, 0.3) is 5.82 Å². The van der Waals surface area contributed by atoms with Gasteiger partial charge in [-0.25, -0.2) is 14.6 Å². The van der Waals surface area contributed by atoms with Crippen molar-refractivity contribution in [1.82, 2.24) is 19.7 Å². The van der Waals surface area contributed by atoms with E-state index >= 15 is 0 Å². The molecule has 0 aliphatic carbocycles. The van der Waals surface area contributed by atoms with Crippen molar-refractivity contribution in [2.24, 2.45) is 0 Å². The number of rotatable bonds is 5. The number of nitriles is 1. The lowest BCUT2D eigenvalue weighted by atomic mass is 10.2. The van der Waals surface area contributed by atoms with Crippen LogP contribution in [-0.2, 0) is 0 Å². The fourth-order valence-corrected chi connectivity index (χ4v) is 2.25. The maximum absolute atomic E-state index is 12.5. The lowest BCUT2D eigenvalue weighted by molar-refractivity contribution is 0.102. The molecule has 3 heterocycles. The van der Waals surface area contributed by atoms with Gasteiger partial charge in [0.25, 0.3) is 5.91 Å². The van der Waals surface area contributed by atoms with Crippen LogP contribution in [0.5, 0.6) is 5.88 Å². The van der Waals surface area contributed by atoms with Crippen molar-refractivity contribution in [2.75, 3.05) is 5.32 Å². The highest BCUT2D eigenvalue weighted by Gasteiger charge is 2.16. The summed E-state index contributed by atoms with van der Waals surface area (Å²) in [6.07, 6.45) is 6.10. The molecule has 0 spiro atoms. The van der Waals surface area contributed by atoms with Crippen molar-refractivity contribution in [1.29, 1.82) is 5.26 Å². The number of ether oxygens (including phenoxy) is 1. The summed E-state index contributed by atoms with van der Waals surface area (Å²) in [5.41, 5.74) is 1.17. The number of anilines is 1. The van der Waals surface area contributed by atoms with Crippen LogP contribution in [0.4, 0.5) is 5.69 Å². The Labute approximate surface area is 150 Å². The molecule has 0 atom stereocenters. The molecule has 0 aliphatic heterocycles. The maximum atomic E-state index is 12.5. The minimum atomic E-state index is -0.366. The molecule has 0 aliphatic rings. The highest BCUT2D eigenvalue weighted by Crippen LogP contribution is 2.19. The van der Waals surface area contributed by atoms with Crippen LogP contribution in [0.1, 0.15) is 29.8 Å². The van der Waals surface area contributed by atoms with E-state index in [0.29, 0.717) is 22.6 Å². The molecule has 130 valence electrons. The Morgan fingerprint density at radius 3 is 2.81 bits per heavy atom. The first-order valence-electron chi connectivity index (χ1n) is 7.91. The van der Waals surface area contributed by atoms with Gasteiger partial charge in [0.15, 0.2) is 5.82 Å². The summed E-state index contributed by atoms with van der Waals surface area (Å²) in [6.45, 7) is 3.72. The van der Waals surface area contributed by atoms with Gasteiger partial charge >= 0.3 is 0 Å². The number of aromatic nitrogens is 4. The Hall–Kier alpha value is -3.73. The summed E-state index contributed by atoms with van der Waals surface area (Å²) >= 11 is 0. The Morgan fingerprint density at radius 1 is 1.27 bits per heavy atom. The van der Waals surface area contributed by atoms with E-state index in [9.17, 15) is 4.79 Å². The van der Waals surface area contributed by atoms with Gasteiger partial charge in [0.2, 0.25) is 5.88 Å². The number of pyridine rings is 2. The van der Waals surface area contributed by atoms with Crippen molar-refractivity contribution in [3.05, 3.63) is 60.2 Å². The van der Waals surface area contributed by atoms with Crippen LogP contribution < -0.4 is 10.1 Å². The molecule has 0 radical (unpaired) electrons. The average molecular weight is 348 g/mol. The minimum absolute atomic E-state index is 0.104. The molecule has 8 nitrogen and oxygen atoms in total. The number of amides is 1. The van der Waals surface area contributed by atoms with E-state index < -0.39 is 0 Å². The highest BCUT2D eigenvalue weighted by molar-refractivity contribution is 6.05.